The Morgan fingerprint density at radius 3 is 2.44 bits per heavy atom. The molecule has 0 spiro atoms. The van der Waals surface area contributed by atoms with Crippen LogP contribution in [-0.2, 0) is 15.1 Å². The second-order valence-corrected chi connectivity index (χ2v) is 6.83. The van der Waals surface area contributed by atoms with Crippen molar-refractivity contribution in [3.05, 3.63) is 35.4 Å². The quantitative estimate of drug-likeness (QED) is 0.666. The minimum absolute atomic E-state index is 0.0595. The number of aliphatic hydroxyl groups is 1. The van der Waals surface area contributed by atoms with Crippen molar-refractivity contribution in [3.63, 3.8) is 0 Å². The molecule has 1 aliphatic rings. The molecule has 1 aliphatic heterocycles. The Hall–Kier alpha value is -2.41. The number of nitrogens with one attached hydrogen (secondary N) is 2. The summed E-state index contributed by atoms with van der Waals surface area (Å²) in [5.41, 5.74) is 0.531. The summed E-state index contributed by atoms with van der Waals surface area (Å²) >= 11 is 0. The maximum atomic E-state index is 12.8. The average molecular weight is 347 g/mol. The first-order valence-electron chi connectivity index (χ1n) is 8.30. The number of carbonyl (C=O) groups is 3. The number of nitrogens with zero attached hydrogens (tertiary/aromatic N) is 1. The second-order valence-electron chi connectivity index (χ2n) is 6.83. The van der Waals surface area contributed by atoms with E-state index in [1.54, 1.807) is 32.9 Å². The lowest BCUT2D eigenvalue weighted by molar-refractivity contribution is -0.135. The van der Waals surface area contributed by atoms with Gasteiger partial charge < -0.3 is 15.7 Å². The van der Waals surface area contributed by atoms with E-state index in [4.69, 9.17) is 5.11 Å². The van der Waals surface area contributed by atoms with Crippen LogP contribution in [0.4, 0.5) is 4.79 Å². The van der Waals surface area contributed by atoms with Gasteiger partial charge >= 0.3 is 6.03 Å². The van der Waals surface area contributed by atoms with Gasteiger partial charge in [0.05, 0.1) is 0 Å². The number of amides is 4. The van der Waals surface area contributed by atoms with Crippen molar-refractivity contribution in [2.45, 2.75) is 39.3 Å². The molecule has 7 heteroatoms. The van der Waals surface area contributed by atoms with Crippen LogP contribution in [0.25, 0.3) is 0 Å². The predicted molar refractivity (Wildman–Crippen MR) is 92.6 cm³/mol. The molecule has 136 valence electrons. The molecule has 1 saturated heterocycles. The summed E-state index contributed by atoms with van der Waals surface area (Å²) in [5.74, 6) is -1.02. The Labute approximate surface area is 147 Å². The zero-order valence-electron chi connectivity index (χ0n) is 15.0. The molecule has 25 heavy (non-hydrogen) atoms. The summed E-state index contributed by atoms with van der Waals surface area (Å²) in [6.45, 7) is 6.72. The van der Waals surface area contributed by atoms with E-state index in [-0.39, 0.29) is 25.1 Å². The molecule has 1 aromatic carbocycles. The van der Waals surface area contributed by atoms with Gasteiger partial charge in [-0.1, -0.05) is 36.8 Å². The molecular formula is C18H25N3O4. The zero-order chi connectivity index (χ0) is 18.8. The van der Waals surface area contributed by atoms with E-state index in [0.717, 1.165) is 10.5 Å². The molecule has 7 nitrogen and oxygen atoms in total. The topological polar surface area (TPSA) is 98.7 Å². The summed E-state index contributed by atoms with van der Waals surface area (Å²) in [6, 6.07) is 6.47. The maximum absolute atomic E-state index is 12.8. The molecule has 1 aromatic rings. The van der Waals surface area contributed by atoms with Gasteiger partial charge in [-0.05, 0) is 32.3 Å². The number of hydrogen-bond donors (Lipinski definition) is 3. The Morgan fingerprint density at radius 1 is 1.28 bits per heavy atom. The summed E-state index contributed by atoms with van der Waals surface area (Å²) in [5, 5.41) is 14.5. The highest BCUT2D eigenvalue weighted by Crippen LogP contribution is 2.28. The van der Waals surface area contributed by atoms with E-state index in [2.05, 4.69) is 10.6 Å². The molecule has 2 rings (SSSR count). The number of carbonyl (C=O) groups excluding carboxylic acids is 3. The molecule has 3 atom stereocenters. The normalized spacial score (nSPS) is 22.5. The second kappa shape index (κ2) is 7.23. The summed E-state index contributed by atoms with van der Waals surface area (Å²) in [4.78, 5) is 38.1. The van der Waals surface area contributed by atoms with Crippen molar-refractivity contribution < 1.29 is 19.5 Å². The first kappa shape index (κ1) is 18.9. The molecule has 0 aromatic heterocycles. The van der Waals surface area contributed by atoms with Crippen LogP contribution in [0.3, 0.4) is 0 Å². The number of benzene rings is 1. The van der Waals surface area contributed by atoms with Gasteiger partial charge in [0.15, 0.2) is 0 Å². The predicted octanol–water partition coefficient (Wildman–Crippen LogP) is 0.895. The Kier molecular flexibility index (Phi) is 5.47. The fraction of sp³-hybridized carbons (Fsp3) is 0.500. The number of aryl methyl sites for hydroxylation is 1. The van der Waals surface area contributed by atoms with Crippen LogP contribution >= 0.6 is 0 Å². The van der Waals surface area contributed by atoms with Gasteiger partial charge in [-0.25, -0.2) is 4.79 Å². The van der Waals surface area contributed by atoms with Crippen molar-refractivity contribution in [2.75, 3.05) is 13.2 Å². The van der Waals surface area contributed by atoms with Crippen molar-refractivity contribution in [1.29, 1.82) is 0 Å². The number of rotatable bonds is 6. The van der Waals surface area contributed by atoms with Gasteiger partial charge in [0.2, 0.25) is 5.91 Å². The van der Waals surface area contributed by atoms with Crippen LogP contribution in [0.5, 0.6) is 0 Å². The van der Waals surface area contributed by atoms with E-state index in [1.807, 2.05) is 19.1 Å². The van der Waals surface area contributed by atoms with Crippen molar-refractivity contribution in [3.8, 4) is 0 Å². The molecule has 0 radical (unpaired) electrons. The SMILES string of the molecule is Cc1ccc([C@]2(C)NC(=O)N(CC(=O)N[C@@H](C)[C@H](C)CO)C2=O)cc1. The molecule has 3 N–H and O–H groups in total. The van der Waals surface area contributed by atoms with E-state index in [9.17, 15) is 14.4 Å². The summed E-state index contributed by atoms with van der Waals surface area (Å²) in [7, 11) is 0. The molecule has 0 aliphatic carbocycles. The van der Waals surface area contributed by atoms with Crippen LogP contribution in [0, 0.1) is 12.8 Å². The molecule has 4 amide bonds. The lowest BCUT2D eigenvalue weighted by Crippen LogP contribution is -2.46. The van der Waals surface area contributed by atoms with Crippen LogP contribution in [-0.4, -0.2) is 47.0 Å². The lowest BCUT2D eigenvalue weighted by Gasteiger charge is -2.23. The highest BCUT2D eigenvalue weighted by Gasteiger charge is 2.49. The molecule has 0 bridgehead atoms. The molecule has 0 saturated carbocycles. The van der Waals surface area contributed by atoms with Gasteiger partial charge in [-0.3, -0.25) is 14.5 Å². The summed E-state index contributed by atoms with van der Waals surface area (Å²) < 4.78 is 0. The highest BCUT2D eigenvalue weighted by atomic mass is 16.3. The van der Waals surface area contributed by atoms with E-state index < -0.39 is 23.4 Å². The fourth-order valence-corrected chi connectivity index (χ4v) is 2.67. The molecule has 1 heterocycles. The third-order valence-corrected chi connectivity index (χ3v) is 4.74. The maximum Gasteiger partial charge on any atom is 0.325 e. The van der Waals surface area contributed by atoms with Crippen LogP contribution < -0.4 is 10.6 Å². The van der Waals surface area contributed by atoms with Gasteiger partial charge in [-0.15, -0.1) is 0 Å². The third kappa shape index (κ3) is 3.82. The van der Waals surface area contributed by atoms with Crippen molar-refractivity contribution >= 4 is 17.8 Å². The first-order valence-corrected chi connectivity index (χ1v) is 8.30. The van der Waals surface area contributed by atoms with Crippen LogP contribution in [0.15, 0.2) is 24.3 Å². The largest absolute Gasteiger partial charge is 0.396 e. The number of imide groups is 1. The number of urea groups is 1. The van der Waals surface area contributed by atoms with Crippen LogP contribution in [0.1, 0.15) is 31.9 Å². The highest BCUT2D eigenvalue weighted by molar-refractivity contribution is 6.09. The Morgan fingerprint density at radius 2 is 1.88 bits per heavy atom. The molecule has 0 unspecified atom stereocenters. The number of aliphatic hydroxyl groups excluding tert-OH is 1. The van der Waals surface area contributed by atoms with Gasteiger partial charge in [0.25, 0.3) is 5.91 Å². The minimum Gasteiger partial charge on any atom is -0.396 e. The van der Waals surface area contributed by atoms with Crippen molar-refractivity contribution in [1.82, 2.24) is 15.5 Å². The third-order valence-electron chi connectivity index (χ3n) is 4.74. The Bertz CT molecular complexity index is 673. The van der Waals surface area contributed by atoms with Crippen LogP contribution in [0.2, 0.25) is 0 Å². The smallest absolute Gasteiger partial charge is 0.325 e. The van der Waals surface area contributed by atoms with Gasteiger partial charge in [-0.2, -0.15) is 0 Å². The monoisotopic (exact) mass is 347 g/mol. The van der Waals surface area contributed by atoms with Crippen molar-refractivity contribution in [2.24, 2.45) is 5.92 Å². The van der Waals surface area contributed by atoms with E-state index in [0.29, 0.717) is 5.56 Å². The standard InChI is InChI=1S/C18H25N3O4/c1-11-5-7-14(8-6-11)18(4)16(24)21(17(25)20-18)9-15(23)19-13(3)12(2)10-22/h5-8,12-13,22H,9-10H2,1-4H3,(H,19,23)(H,20,25)/t12-,13+,18+/m1/s1. The first-order chi connectivity index (χ1) is 11.7. The molecular weight excluding hydrogens is 322 g/mol. The zero-order valence-corrected chi connectivity index (χ0v) is 15.0. The van der Waals surface area contributed by atoms with E-state index >= 15 is 0 Å². The minimum atomic E-state index is -1.19. The average Bonchev–Trinajstić information content (AvgIpc) is 2.78. The Balaban J connectivity index is 2.10. The lowest BCUT2D eigenvalue weighted by atomic mass is 9.91. The number of hydrogen-bond acceptors (Lipinski definition) is 4. The van der Waals surface area contributed by atoms with Gasteiger partial charge in [0.1, 0.15) is 12.1 Å². The molecule has 1 fully saturated rings. The fourth-order valence-electron chi connectivity index (χ4n) is 2.67. The van der Waals surface area contributed by atoms with Gasteiger partial charge in [0, 0.05) is 12.6 Å². The van der Waals surface area contributed by atoms with E-state index in [1.165, 1.54) is 0 Å². The summed E-state index contributed by atoms with van der Waals surface area (Å²) in [6.07, 6.45) is 0.